The number of hydrogen-bond acceptors (Lipinski definition) is 6. The summed E-state index contributed by atoms with van der Waals surface area (Å²) in [5.41, 5.74) is 2.69. The molecule has 2 aromatic carbocycles. The minimum absolute atomic E-state index is 0.0672. The van der Waals surface area contributed by atoms with Crippen molar-refractivity contribution in [2.24, 2.45) is 5.92 Å². The van der Waals surface area contributed by atoms with Crippen molar-refractivity contribution in [3.8, 4) is 11.5 Å². The predicted octanol–water partition coefficient (Wildman–Crippen LogP) is 4.44. The molecule has 4 heterocycles. The molecule has 7 nitrogen and oxygen atoms in total. The number of thioether (sulfide) groups is 1. The van der Waals surface area contributed by atoms with Crippen LogP contribution in [0.3, 0.4) is 0 Å². The highest BCUT2D eigenvalue weighted by molar-refractivity contribution is 8.23. The summed E-state index contributed by atoms with van der Waals surface area (Å²) in [7, 11) is 0. The number of carbonyl (C=O) groups excluding carboxylic acids is 1. The molecule has 37 heavy (non-hydrogen) atoms. The summed E-state index contributed by atoms with van der Waals surface area (Å²) in [6.45, 7) is 3.25. The molecule has 1 amide bonds. The van der Waals surface area contributed by atoms with Gasteiger partial charge in [0.1, 0.15) is 22.8 Å². The highest BCUT2D eigenvalue weighted by Gasteiger charge is 2.36. The maximum Gasteiger partial charge on any atom is 0.250 e. The van der Waals surface area contributed by atoms with Gasteiger partial charge in [0.15, 0.2) is 11.5 Å². The Bertz CT molecular complexity index is 1390. The van der Waals surface area contributed by atoms with Crippen molar-refractivity contribution in [3.63, 3.8) is 0 Å². The number of thiocarbonyl (C=S) groups is 1. The first-order valence-electron chi connectivity index (χ1n) is 12.5. The summed E-state index contributed by atoms with van der Waals surface area (Å²) in [6, 6.07) is 20.7. The lowest BCUT2D eigenvalue weighted by atomic mass is 9.83. The van der Waals surface area contributed by atoms with Crippen LogP contribution in [0.4, 0.5) is 5.69 Å². The predicted molar refractivity (Wildman–Crippen MR) is 149 cm³/mol. The minimum Gasteiger partial charge on any atom is -0.486 e. The smallest absolute Gasteiger partial charge is 0.250 e. The van der Waals surface area contributed by atoms with Crippen molar-refractivity contribution in [3.05, 3.63) is 88.3 Å². The molecule has 1 N–H and O–H groups in total. The van der Waals surface area contributed by atoms with E-state index in [1.54, 1.807) is 12.1 Å². The number of nitrogens with zero attached hydrogens (tertiary/aromatic N) is 2. The number of benzene rings is 2. The van der Waals surface area contributed by atoms with Crippen LogP contribution in [-0.4, -0.2) is 46.0 Å². The third-order valence-electron chi connectivity index (χ3n) is 7.11. The molecule has 3 aliphatic heterocycles. The van der Waals surface area contributed by atoms with Crippen molar-refractivity contribution in [1.29, 1.82) is 0 Å². The summed E-state index contributed by atoms with van der Waals surface area (Å²) < 4.78 is 13.9. The monoisotopic (exact) mass is 533 g/mol. The van der Waals surface area contributed by atoms with Gasteiger partial charge in [-0.3, -0.25) is 9.59 Å². The van der Waals surface area contributed by atoms with Crippen LogP contribution in [0, 0.1) is 5.92 Å². The number of hydrogen-bond donors (Lipinski definition) is 1. The Hall–Kier alpha value is -3.30. The Kier molecular flexibility index (Phi) is 6.65. The van der Waals surface area contributed by atoms with Gasteiger partial charge in [0, 0.05) is 49.1 Å². The highest BCUT2D eigenvalue weighted by Crippen LogP contribution is 2.39. The number of pyridine rings is 1. The largest absolute Gasteiger partial charge is 0.486 e. The van der Waals surface area contributed by atoms with Crippen LogP contribution < -0.4 is 20.3 Å². The van der Waals surface area contributed by atoms with Crippen LogP contribution in [0.15, 0.2) is 71.5 Å². The van der Waals surface area contributed by atoms with Crippen LogP contribution in [0.25, 0.3) is 0 Å². The molecule has 1 fully saturated rings. The highest BCUT2D eigenvalue weighted by atomic mass is 32.2. The zero-order valence-electron chi connectivity index (χ0n) is 20.2. The summed E-state index contributed by atoms with van der Waals surface area (Å²) in [4.78, 5) is 28.2. The number of piperidine rings is 1. The first-order chi connectivity index (χ1) is 18.0. The van der Waals surface area contributed by atoms with E-state index in [1.807, 2.05) is 53.1 Å². The number of likely N-dealkylation sites (tertiary alicyclic amines) is 1. The Morgan fingerprint density at radius 3 is 2.62 bits per heavy atom. The molecule has 1 aromatic heterocycles. The zero-order valence-corrected chi connectivity index (χ0v) is 21.8. The van der Waals surface area contributed by atoms with E-state index in [9.17, 15) is 9.59 Å². The van der Waals surface area contributed by atoms with Crippen molar-refractivity contribution >= 4 is 39.9 Å². The molecule has 6 rings (SSSR count). The third-order valence-corrected chi connectivity index (χ3v) is 8.84. The number of rotatable bonds is 4. The first kappa shape index (κ1) is 24.1. The van der Waals surface area contributed by atoms with E-state index in [-0.39, 0.29) is 17.4 Å². The molecular formula is C28H27N3O4S2. The summed E-state index contributed by atoms with van der Waals surface area (Å²) >= 11 is 7.32. The molecule has 1 saturated heterocycles. The van der Waals surface area contributed by atoms with Gasteiger partial charge in [-0.15, -0.1) is 0 Å². The zero-order chi connectivity index (χ0) is 25.4. The molecule has 3 aromatic rings. The van der Waals surface area contributed by atoms with E-state index in [2.05, 4.69) is 16.3 Å². The molecule has 190 valence electrons. The van der Waals surface area contributed by atoms with E-state index < -0.39 is 5.25 Å². The minimum atomic E-state index is -0.515. The fourth-order valence-corrected chi connectivity index (χ4v) is 6.85. The Morgan fingerprint density at radius 2 is 1.78 bits per heavy atom. The lowest BCUT2D eigenvalue weighted by molar-refractivity contribution is -0.115. The van der Waals surface area contributed by atoms with E-state index in [4.69, 9.17) is 21.7 Å². The number of ether oxygens (including phenoxy) is 2. The lowest BCUT2D eigenvalue weighted by Gasteiger charge is -2.43. The SMILES string of the molecule is O=C(Nc1ccc2c(c1)OCCO2)[C@H](SC(=S)N1C[C@H]2C[C@@H](C1)c1cccc(=O)n1C2)c1ccccc1. The van der Waals surface area contributed by atoms with Gasteiger partial charge >= 0.3 is 0 Å². The molecule has 3 atom stereocenters. The first-order valence-corrected chi connectivity index (χ1v) is 13.7. The summed E-state index contributed by atoms with van der Waals surface area (Å²) in [5, 5.41) is 2.53. The summed E-state index contributed by atoms with van der Waals surface area (Å²) in [6.07, 6.45) is 1.06. The van der Waals surface area contributed by atoms with E-state index in [0.717, 1.165) is 30.8 Å². The Balaban J connectivity index is 1.20. The number of fused-ring (bicyclic) bond motifs is 5. The fraction of sp³-hybridized carbons (Fsp3) is 0.321. The molecule has 2 bridgehead atoms. The number of amides is 1. The van der Waals surface area contributed by atoms with Gasteiger partial charge in [-0.1, -0.05) is 60.4 Å². The molecule has 3 aliphatic rings. The van der Waals surface area contributed by atoms with Gasteiger partial charge in [-0.25, -0.2) is 0 Å². The quantitative estimate of drug-likeness (QED) is 0.497. The van der Waals surface area contributed by atoms with Gasteiger partial charge in [0.2, 0.25) is 5.91 Å². The van der Waals surface area contributed by atoms with Gasteiger partial charge in [-0.05, 0) is 36.1 Å². The van der Waals surface area contributed by atoms with Gasteiger partial charge in [0.25, 0.3) is 5.56 Å². The molecule has 0 aliphatic carbocycles. The molecule has 0 saturated carbocycles. The van der Waals surface area contributed by atoms with Gasteiger partial charge in [-0.2, -0.15) is 0 Å². The van der Waals surface area contributed by atoms with E-state index in [0.29, 0.717) is 47.2 Å². The molecular weight excluding hydrogens is 506 g/mol. The second-order valence-electron chi connectivity index (χ2n) is 9.63. The average molecular weight is 534 g/mol. The van der Waals surface area contributed by atoms with Crippen molar-refractivity contribution in [1.82, 2.24) is 9.47 Å². The van der Waals surface area contributed by atoms with Crippen molar-refractivity contribution < 1.29 is 14.3 Å². The average Bonchev–Trinajstić information content (AvgIpc) is 2.92. The van der Waals surface area contributed by atoms with E-state index in [1.165, 1.54) is 11.8 Å². The summed E-state index contributed by atoms with van der Waals surface area (Å²) in [5.74, 6) is 1.76. The van der Waals surface area contributed by atoms with Crippen molar-refractivity contribution in [2.45, 2.75) is 24.1 Å². The maximum atomic E-state index is 13.6. The second kappa shape index (κ2) is 10.2. The van der Waals surface area contributed by atoms with E-state index >= 15 is 0 Å². The molecule has 9 heteroatoms. The van der Waals surface area contributed by atoms with Crippen LogP contribution in [0.2, 0.25) is 0 Å². The topological polar surface area (TPSA) is 72.8 Å². The second-order valence-corrected chi connectivity index (χ2v) is 11.4. The van der Waals surface area contributed by atoms with Crippen LogP contribution in [0.1, 0.15) is 28.8 Å². The lowest BCUT2D eigenvalue weighted by Crippen LogP contribution is -2.48. The van der Waals surface area contributed by atoms with Crippen molar-refractivity contribution in [2.75, 3.05) is 31.6 Å². The van der Waals surface area contributed by atoms with Crippen LogP contribution in [-0.2, 0) is 11.3 Å². The standard InChI is InChI=1S/C28H27N3O4S2/c32-25-8-4-7-22-20-13-18(16-31(22)25)15-30(17-20)28(36)37-26(19-5-2-1-3-6-19)27(33)29-21-9-10-23-24(14-21)35-12-11-34-23/h1-10,14,18,20,26H,11-13,15-17H2,(H,29,33)/t18-,20+,26-/m1/s1. The number of aromatic nitrogens is 1. The molecule has 0 radical (unpaired) electrons. The Morgan fingerprint density at radius 1 is 0.973 bits per heavy atom. The van der Waals surface area contributed by atoms with Gasteiger partial charge < -0.3 is 24.3 Å². The molecule has 0 spiro atoms. The maximum absolute atomic E-state index is 13.6. The van der Waals surface area contributed by atoms with Gasteiger partial charge in [0.05, 0.1) is 0 Å². The third kappa shape index (κ3) is 4.98. The fourth-order valence-electron chi connectivity index (χ4n) is 5.45. The number of anilines is 1. The number of carbonyl (C=O) groups is 1. The van der Waals surface area contributed by atoms with Crippen LogP contribution in [0.5, 0.6) is 11.5 Å². The Labute approximate surface area is 224 Å². The van der Waals surface area contributed by atoms with Crippen LogP contribution >= 0.6 is 24.0 Å². The normalized spacial score (nSPS) is 20.5. The molecule has 0 unspecified atom stereocenters. The number of nitrogens with one attached hydrogen (secondary N) is 1.